The van der Waals surface area contributed by atoms with Gasteiger partial charge in [0.15, 0.2) is 5.60 Å². The molecule has 1 heterocycles. The van der Waals surface area contributed by atoms with Crippen molar-refractivity contribution in [2.75, 3.05) is 6.61 Å². The number of nitrogens with one attached hydrogen (secondary N) is 1. The van der Waals surface area contributed by atoms with Gasteiger partial charge in [-0.1, -0.05) is 0 Å². The van der Waals surface area contributed by atoms with Gasteiger partial charge >= 0.3 is 5.97 Å². The quantitative estimate of drug-likeness (QED) is 0.319. The Hall–Kier alpha value is -1.68. The van der Waals surface area contributed by atoms with Crippen LogP contribution in [0, 0.1) is 0 Å². The summed E-state index contributed by atoms with van der Waals surface area (Å²) in [5.41, 5.74) is 4.09. The van der Waals surface area contributed by atoms with Gasteiger partial charge in [0, 0.05) is 6.92 Å². The molecule has 0 aromatic carbocycles. The number of carboxylic acids is 1. The lowest BCUT2D eigenvalue weighted by Crippen LogP contribution is -2.69. The molecule has 5 atom stereocenters. The third-order valence-corrected chi connectivity index (χ3v) is 3.38. The van der Waals surface area contributed by atoms with Gasteiger partial charge in [-0.25, -0.2) is 4.79 Å². The summed E-state index contributed by atoms with van der Waals surface area (Å²) in [6, 6.07) is -1.95. The highest BCUT2D eigenvalue weighted by Crippen LogP contribution is 2.32. The molecule has 0 fully saturated rings. The molecule has 0 aliphatic carbocycles. The highest BCUT2D eigenvalue weighted by Gasteiger charge is 2.52. The standard InChI is InChI=1S/C12H20N2O7/c1-5(16)14-9-6(13)3-8(11(19)20)21-12(9,2)10(18)7(17)4-15/h3,6-7,9-10,15,17-18H,4,13H2,1-2H3,(H,14,16)(H,19,20)/t6-,7+,9+,10+,12+/m0/s1. The molecule has 0 saturated heterocycles. The smallest absolute Gasteiger partial charge is 0.370 e. The molecule has 0 radical (unpaired) electrons. The van der Waals surface area contributed by atoms with Crippen molar-refractivity contribution >= 4 is 11.9 Å². The number of carbonyl (C=O) groups excluding carboxylic acids is 1. The van der Waals surface area contributed by atoms with Gasteiger partial charge in [0.05, 0.1) is 18.7 Å². The molecule has 1 rings (SSSR count). The Kier molecular flexibility index (Phi) is 5.29. The maximum atomic E-state index is 11.3. The van der Waals surface area contributed by atoms with Gasteiger partial charge in [-0.15, -0.1) is 0 Å². The lowest BCUT2D eigenvalue weighted by Gasteiger charge is -2.46. The summed E-state index contributed by atoms with van der Waals surface area (Å²) in [5.74, 6) is -2.37. The van der Waals surface area contributed by atoms with Crippen LogP contribution in [0.1, 0.15) is 13.8 Å². The van der Waals surface area contributed by atoms with E-state index in [1.165, 1.54) is 13.8 Å². The largest absolute Gasteiger partial charge is 0.475 e. The van der Waals surface area contributed by atoms with Crippen molar-refractivity contribution in [3.05, 3.63) is 11.8 Å². The van der Waals surface area contributed by atoms with Crippen LogP contribution in [0.15, 0.2) is 11.8 Å². The van der Waals surface area contributed by atoms with Crippen LogP contribution in [0.4, 0.5) is 0 Å². The molecule has 9 heteroatoms. The molecule has 0 saturated carbocycles. The lowest BCUT2D eigenvalue weighted by molar-refractivity contribution is -0.172. The first kappa shape index (κ1) is 17.4. The number of nitrogens with two attached hydrogens (primary N) is 1. The van der Waals surface area contributed by atoms with Gasteiger partial charge in [-0.3, -0.25) is 4.79 Å². The Morgan fingerprint density at radius 3 is 2.52 bits per heavy atom. The number of aliphatic carboxylic acids is 1. The Morgan fingerprint density at radius 1 is 1.52 bits per heavy atom. The van der Waals surface area contributed by atoms with E-state index < -0.39 is 54.1 Å². The van der Waals surface area contributed by atoms with Gasteiger partial charge in [-0.2, -0.15) is 0 Å². The first-order valence-corrected chi connectivity index (χ1v) is 6.27. The summed E-state index contributed by atoms with van der Waals surface area (Å²) in [6.07, 6.45) is -2.16. The third kappa shape index (κ3) is 3.50. The molecule has 0 unspecified atom stereocenters. The minimum absolute atomic E-state index is 0.469. The van der Waals surface area contributed by atoms with Gasteiger partial charge in [0.1, 0.15) is 12.2 Å². The predicted molar refractivity (Wildman–Crippen MR) is 69.9 cm³/mol. The van der Waals surface area contributed by atoms with E-state index in [2.05, 4.69) is 5.32 Å². The van der Waals surface area contributed by atoms with Crippen molar-refractivity contribution in [2.24, 2.45) is 5.73 Å². The van der Waals surface area contributed by atoms with Crippen molar-refractivity contribution in [3.8, 4) is 0 Å². The number of aliphatic hydroxyl groups excluding tert-OH is 3. The van der Waals surface area contributed by atoms with E-state index >= 15 is 0 Å². The average molecular weight is 304 g/mol. The van der Waals surface area contributed by atoms with Gasteiger partial charge < -0.3 is 36.2 Å². The Labute approximate surface area is 121 Å². The Bertz CT molecular complexity index is 453. The molecular formula is C12H20N2O7. The van der Waals surface area contributed by atoms with E-state index in [9.17, 15) is 19.8 Å². The fraction of sp³-hybridized carbons (Fsp3) is 0.667. The zero-order valence-electron chi connectivity index (χ0n) is 11.7. The van der Waals surface area contributed by atoms with Crippen LogP contribution in [-0.2, 0) is 14.3 Å². The van der Waals surface area contributed by atoms with Crippen molar-refractivity contribution in [1.82, 2.24) is 5.32 Å². The fourth-order valence-electron chi connectivity index (χ4n) is 2.29. The number of hydrogen-bond donors (Lipinski definition) is 6. The summed E-state index contributed by atoms with van der Waals surface area (Å²) < 4.78 is 5.25. The van der Waals surface area contributed by atoms with E-state index in [1.54, 1.807) is 0 Å². The SMILES string of the molecule is CC(=O)N[C@@H]1[C@@H](N)C=C(C(=O)O)O[C@@]1(C)[C@H](O)[C@H](O)CO. The third-order valence-electron chi connectivity index (χ3n) is 3.38. The summed E-state index contributed by atoms with van der Waals surface area (Å²) in [6.45, 7) is 1.75. The first-order chi connectivity index (χ1) is 9.63. The fourth-order valence-corrected chi connectivity index (χ4v) is 2.29. The number of hydrogen-bond acceptors (Lipinski definition) is 7. The minimum Gasteiger partial charge on any atom is -0.475 e. The zero-order valence-corrected chi connectivity index (χ0v) is 11.7. The van der Waals surface area contributed by atoms with Crippen LogP contribution >= 0.6 is 0 Å². The molecule has 21 heavy (non-hydrogen) atoms. The maximum absolute atomic E-state index is 11.3. The Morgan fingerprint density at radius 2 is 2.10 bits per heavy atom. The van der Waals surface area contributed by atoms with E-state index in [0.717, 1.165) is 6.08 Å². The maximum Gasteiger partial charge on any atom is 0.370 e. The molecule has 1 aliphatic rings. The second kappa shape index (κ2) is 6.39. The van der Waals surface area contributed by atoms with Gasteiger partial charge in [0.2, 0.25) is 11.7 Å². The van der Waals surface area contributed by atoms with Gasteiger partial charge in [-0.05, 0) is 13.0 Å². The Balaban J connectivity index is 3.23. The summed E-state index contributed by atoms with van der Waals surface area (Å²) in [4.78, 5) is 22.3. The molecule has 0 aromatic heterocycles. The molecule has 0 bridgehead atoms. The predicted octanol–water partition coefficient (Wildman–Crippen LogP) is -2.71. The molecule has 7 N–H and O–H groups in total. The number of amides is 1. The highest BCUT2D eigenvalue weighted by molar-refractivity contribution is 5.85. The van der Waals surface area contributed by atoms with Crippen molar-refractivity contribution in [1.29, 1.82) is 0 Å². The molecular weight excluding hydrogens is 284 g/mol. The first-order valence-electron chi connectivity index (χ1n) is 6.27. The molecule has 1 amide bonds. The summed E-state index contributed by atoms with van der Waals surface area (Å²) in [7, 11) is 0. The van der Waals surface area contributed by atoms with Crippen LogP contribution < -0.4 is 11.1 Å². The molecule has 120 valence electrons. The van der Waals surface area contributed by atoms with Crippen LogP contribution in [0.2, 0.25) is 0 Å². The molecule has 9 nitrogen and oxygen atoms in total. The van der Waals surface area contributed by atoms with Crippen LogP contribution in [-0.4, -0.2) is 68.8 Å². The second-order valence-corrected chi connectivity index (χ2v) is 5.07. The van der Waals surface area contributed by atoms with Crippen LogP contribution in [0.3, 0.4) is 0 Å². The summed E-state index contributed by atoms with van der Waals surface area (Å²) in [5, 5.41) is 40.2. The number of carbonyl (C=O) groups is 2. The number of aliphatic hydroxyl groups is 3. The van der Waals surface area contributed by atoms with Crippen molar-refractivity contribution < 1.29 is 34.8 Å². The second-order valence-electron chi connectivity index (χ2n) is 5.07. The van der Waals surface area contributed by atoms with Crippen LogP contribution in [0.25, 0.3) is 0 Å². The van der Waals surface area contributed by atoms with Crippen molar-refractivity contribution in [2.45, 2.75) is 43.7 Å². The minimum atomic E-state index is -1.73. The highest BCUT2D eigenvalue weighted by atomic mass is 16.5. The number of carboxylic acid groups (broad SMARTS) is 1. The normalized spacial score (nSPS) is 31.6. The number of rotatable bonds is 5. The monoisotopic (exact) mass is 304 g/mol. The van der Waals surface area contributed by atoms with E-state index in [-0.39, 0.29) is 0 Å². The molecule has 0 spiro atoms. The topological polar surface area (TPSA) is 162 Å². The molecule has 0 aromatic rings. The lowest BCUT2D eigenvalue weighted by atomic mass is 9.81. The zero-order chi connectivity index (χ0) is 16.4. The van der Waals surface area contributed by atoms with E-state index in [1.807, 2.05) is 0 Å². The van der Waals surface area contributed by atoms with E-state index in [0.29, 0.717) is 0 Å². The van der Waals surface area contributed by atoms with E-state index in [4.69, 9.17) is 20.7 Å². The average Bonchev–Trinajstić information content (AvgIpc) is 2.40. The van der Waals surface area contributed by atoms with Crippen LogP contribution in [0.5, 0.6) is 0 Å². The van der Waals surface area contributed by atoms with Gasteiger partial charge in [0.25, 0.3) is 0 Å². The summed E-state index contributed by atoms with van der Waals surface area (Å²) >= 11 is 0. The molecule has 1 aliphatic heterocycles. The number of ether oxygens (including phenoxy) is 1. The van der Waals surface area contributed by atoms with Crippen molar-refractivity contribution in [3.63, 3.8) is 0 Å².